The third-order valence-electron chi connectivity index (χ3n) is 3.13. The Bertz CT molecular complexity index is 473. The Hall–Kier alpha value is -1.88. The summed E-state index contributed by atoms with van der Waals surface area (Å²) in [5.74, 6) is -1.54. The zero-order chi connectivity index (χ0) is 13.1. The van der Waals surface area contributed by atoms with Crippen molar-refractivity contribution in [3.63, 3.8) is 0 Å². The average molecular weight is 248 g/mol. The molecule has 1 aliphatic rings. The van der Waals surface area contributed by atoms with Crippen LogP contribution in [0.15, 0.2) is 24.3 Å². The van der Waals surface area contributed by atoms with Crippen LogP contribution in [0.2, 0.25) is 0 Å². The zero-order valence-corrected chi connectivity index (χ0v) is 10.2. The molecule has 0 radical (unpaired) electrons. The van der Waals surface area contributed by atoms with Gasteiger partial charge in [-0.25, -0.2) is 0 Å². The molecule has 5 heteroatoms. The van der Waals surface area contributed by atoms with Crippen molar-refractivity contribution < 1.29 is 14.7 Å². The second-order valence-corrected chi connectivity index (χ2v) is 4.46. The van der Waals surface area contributed by atoms with Crippen LogP contribution in [0.25, 0.3) is 0 Å². The number of para-hydroxylation sites is 1. The Morgan fingerprint density at radius 2 is 2.17 bits per heavy atom. The van der Waals surface area contributed by atoms with E-state index in [1.165, 1.54) is 0 Å². The fraction of sp³-hybridized carbons (Fsp3) is 0.385. The van der Waals surface area contributed by atoms with Crippen molar-refractivity contribution in [2.75, 3.05) is 24.5 Å². The number of aliphatic carboxylic acids is 1. The van der Waals surface area contributed by atoms with E-state index in [1.54, 1.807) is 4.90 Å². The van der Waals surface area contributed by atoms with Gasteiger partial charge in [0.15, 0.2) is 0 Å². The first kappa shape index (κ1) is 12.6. The average Bonchev–Trinajstić information content (AvgIpc) is 2.52. The first-order valence-corrected chi connectivity index (χ1v) is 5.89. The summed E-state index contributed by atoms with van der Waals surface area (Å²) in [5, 5.41) is 12.0. The Morgan fingerprint density at radius 1 is 1.44 bits per heavy atom. The highest BCUT2D eigenvalue weighted by Gasteiger charge is 2.28. The highest BCUT2D eigenvalue weighted by atomic mass is 16.4. The maximum atomic E-state index is 12.0. The van der Waals surface area contributed by atoms with Gasteiger partial charge in [-0.2, -0.15) is 0 Å². The fourth-order valence-corrected chi connectivity index (χ4v) is 2.10. The van der Waals surface area contributed by atoms with Crippen LogP contribution in [-0.4, -0.2) is 36.6 Å². The molecule has 5 nitrogen and oxygen atoms in total. The van der Waals surface area contributed by atoms with E-state index in [1.807, 2.05) is 31.2 Å². The molecule has 1 aromatic rings. The molecule has 0 aliphatic carbocycles. The van der Waals surface area contributed by atoms with Gasteiger partial charge in [-0.3, -0.25) is 9.59 Å². The van der Waals surface area contributed by atoms with Crippen molar-refractivity contribution in [3.05, 3.63) is 29.8 Å². The van der Waals surface area contributed by atoms with E-state index in [2.05, 4.69) is 5.32 Å². The summed E-state index contributed by atoms with van der Waals surface area (Å²) in [4.78, 5) is 24.7. The minimum Gasteiger partial charge on any atom is -0.481 e. The first-order valence-electron chi connectivity index (χ1n) is 5.89. The maximum Gasteiger partial charge on any atom is 0.309 e. The molecule has 0 aromatic heterocycles. The molecular weight excluding hydrogens is 232 g/mol. The molecule has 1 fully saturated rings. The van der Waals surface area contributed by atoms with Crippen LogP contribution in [0.3, 0.4) is 0 Å². The largest absolute Gasteiger partial charge is 0.481 e. The number of aryl methyl sites for hydroxylation is 1. The SMILES string of the molecule is Cc1ccccc1N1CC(C(=O)O)CNCC1=O. The van der Waals surface area contributed by atoms with Gasteiger partial charge in [0.25, 0.3) is 0 Å². The molecule has 1 atom stereocenters. The third kappa shape index (κ3) is 2.51. The van der Waals surface area contributed by atoms with Gasteiger partial charge in [0.2, 0.25) is 5.91 Å². The van der Waals surface area contributed by atoms with Gasteiger partial charge in [0, 0.05) is 18.8 Å². The number of hydrogen-bond acceptors (Lipinski definition) is 3. The van der Waals surface area contributed by atoms with Crippen LogP contribution in [0.1, 0.15) is 5.56 Å². The van der Waals surface area contributed by atoms with Crippen LogP contribution in [-0.2, 0) is 9.59 Å². The van der Waals surface area contributed by atoms with Crippen molar-refractivity contribution in [2.24, 2.45) is 5.92 Å². The molecule has 1 saturated heterocycles. The lowest BCUT2D eigenvalue weighted by Gasteiger charge is -2.24. The predicted octanol–water partition coefficient (Wildman–Crippen LogP) is 0.632. The van der Waals surface area contributed by atoms with Crippen molar-refractivity contribution in [1.29, 1.82) is 0 Å². The smallest absolute Gasteiger partial charge is 0.309 e. The van der Waals surface area contributed by atoms with Crippen molar-refractivity contribution in [2.45, 2.75) is 6.92 Å². The van der Waals surface area contributed by atoms with Crippen LogP contribution in [0, 0.1) is 12.8 Å². The van der Waals surface area contributed by atoms with Gasteiger partial charge < -0.3 is 15.3 Å². The lowest BCUT2D eigenvalue weighted by Crippen LogP contribution is -2.37. The van der Waals surface area contributed by atoms with Gasteiger partial charge in [0.05, 0.1) is 12.5 Å². The van der Waals surface area contributed by atoms with Crippen molar-refractivity contribution >= 4 is 17.6 Å². The number of benzene rings is 1. The van der Waals surface area contributed by atoms with Gasteiger partial charge in [-0.15, -0.1) is 0 Å². The Morgan fingerprint density at radius 3 is 2.83 bits per heavy atom. The van der Waals surface area contributed by atoms with Crippen LogP contribution >= 0.6 is 0 Å². The van der Waals surface area contributed by atoms with E-state index in [4.69, 9.17) is 5.11 Å². The molecule has 0 bridgehead atoms. The monoisotopic (exact) mass is 248 g/mol. The molecule has 18 heavy (non-hydrogen) atoms. The van der Waals surface area contributed by atoms with Crippen molar-refractivity contribution in [1.82, 2.24) is 5.32 Å². The highest BCUT2D eigenvalue weighted by Crippen LogP contribution is 2.21. The summed E-state index contributed by atoms with van der Waals surface area (Å²) in [6.07, 6.45) is 0. The minimum atomic E-state index is -0.879. The number of hydrogen-bond donors (Lipinski definition) is 2. The molecule has 2 N–H and O–H groups in total. The zero-order valence-electron chi connectivity index (χ0n) is 10.2. The molecule has 1 aromatic carbocycles. The Kier molecular flexibility index (Phi) is 3.62. The van der Waals surface area contributed by atoms with E-state index in [0.717, 1.165) is 11.3 Å². The Labute approximate surface area is 105 Å². The van der Waals surface area contributed by atoms with Gasteiger partial charge >= 0.3 is 5.97 Å². The van der Waals surface area contributed by atoms with E-state index in [9.17, 15) is 9.59 Å². The first-order chi connectivity index (χ1) is 8.59. The number of nitrogens with zero attached hydrogens (tertiary/aromatic N) is 1. The number of carbonyl (C=O) groups is 2. The Balaban J connectivity index is 2.31. The number of carboxylic acid groups (broad SMARTS) is 1. The van der Waals surface area contributed by atoms with E-state index < -0.39 is 11.9 Å². The van der Waals surface area contributed by atoms with E-state index in [0.29, 0.717) is 6.54 Å². The standard InChI is InChI=1S/C13H16N2O3/c1-9-4-2-3-5-11(9)15-8-10(13(17)18)6-14-7-12(15)16/h2-5,10,14H,6-8H2,1H3,(H,17,18). The molecule has 2 rings (SSSR count). The second-order valence-electron chi connectivity index (χ2n) is 4.46. The maximum absolute atomic E-state index is 12.0. The van der Waals surface area contributed by atoms with Gasteiger partial charge in [-0.05, 0) is 18.6 Å². The fourth-order valence-electron chi connectivity index (χ4n) is 2.10. The predicted molar refractivity (Wildman–Crippen MR) is 67.5 cm³/mol. The highest BCUT2D eigenvalue weighted by molar-refractivity contribution is 5.96. The molecule has 0 saturated carbocycles. The summed E-state index contributed by atoms with van der Waals surface area (Å²) in [5.41, 5.74) is 1.76. The topological polar surface area (TPSA) is 69.6 Å². The number of carbonyl (C=O) groups excluding carboxylic acids is 1. The number of amides is 1. The molecule has 0 spiro atoms. The summed E-state index contributed by atoms with van der Waals surface area (Å²) < 4.78 is 0. The third-order valence-corrected chi connectivity index (χ3v) is 3.13. The van der Waals surface area contributed by atoms with Gasteiger partial charge in [0.1, 0.15) is 0 Å². The molecule has 96 valence electrons. The van der Waals surface area contributed by atoms with Crippen LogP contribution in [0.5, 0.6) is 0 Å². The minimum absolute atomic E-state index is 0.0898. The molecule has 1 unspecified atom stereocenters. The summed E-state index contributed by atoms with van der Waals surface area (Å²) >= 11 is 0. The summed E-state index contributed by atoms with van der Waals surface area (Å²) in [6.45, 7) is 2.63. The quantitative estimate of drug-likeness (QED) is 0.805. The van der Waals surface area contributed by atoms with Crippen LogP contribution in [0.4, 0.5) is 5.69 Å². The number of rotatable bonds is 2. The van der Waals surface area contributed by atoms with Gasteiger partial charge in [-0.1, -0.05) is 18.2 Å². The molecular formula is C13H16N2O3. The van der Waals surface area contributed by atoms with Crippen molar-refractivity contribution in [3.8, 4) is 0 Å². The molecule has 1 aliphatic heterocycles. The lowest BCUT2D eigenvalue weighted by atomic mass is 10.1. The normalized spacial score (nSPS) is 20.6. The molecule has 1 amide bonds. The summed E-state index contributed by atoms with van der Waals surface area (Å²) in [6, 6.07) is 7.51. The summed E-state index contributed by atoms with van der Waals surface area (Å²) in [7, 11) is 0. The molecule has 1 heterocycles. The second kappa shape index (κ2) is 5.18. The van der Waals surface area contributed by atoms with E-state index >= 15 is 0 Å². The lowest BCUT2D eigenvalue weighted by molar-refractivity contribution is -0.141. The number of anilines is 1. The van der Waals surface area contributed by atoms with Crippen LogP contribution < -0.4 is 10.2 Å². The number of carboxylic acids is 1. The number of nitrogens with one attached hydrogen (secondary N) is 1. The van der Waals surface area contributed by atoms with E-state index in [-0.39, 0.29) is 19.0 Å².